The Kier molecular flexibility index (Phi) is 28.0. The number of nitrogens with two attached hydrogens (primary N) is 2. The number of unbranched alkanes of at least 4 members (excludes halogenated alkanes) is 1. The van der Waals surface area contributed by atoms with Gasteiger partial charge in [0.25, 0.3) is 0 Å². The van der Waals surface area contributed by atoms with E-state index in [4.69, 9.17) is 16.6 Å². The molecule has 0 fully saturated rings. The lowest BCUT2D eigenvalue weighted by atomic mass is 9.96. The number of carbonyl (C=O) groups is 9. The number of hydrogen-bond acceptors (Lipinski definition) is 14. The molecular formula is C43H71N9O13S. The van der Waals surface area contributed by atoms with Gasteiger partial charge in [-0.05, 0) is 74.5 Å². The van der Waals surface area contributed by atoms with Crippen molar-refractivity contribution in [3.63, 3.8) is 0 Å². The van der Waals surface area contributed by atoms with Gasteiger partial charge in [0, 0.05) is 12.8 Å². The van der Waals surface area contributed by atoms with Crippen LogP contribution in [0.3, 0.4) is 0 Å². The molecule has 0 saturated carbocycles. The molecule has 9 atom stereocenters. The Morgan fingerprint density at radius 3 is 1.64 bits per heavy atom. The lowest BCUT2D eigenvalue weighted by Crippen LogP contribution is -2.61. The van der Waals surface area contributed by atoms with Crippen LogP contribution in [0.25, 0.3) is 0 Å². The van der Waals surface area contributed by atoms with Crippen molar-refractivity contribution < 1.29 is 63.6 Å². The van der Waals surface area contributed by atoms with Crippen LogP contribution in [0.5, 0.6) is 0 Å². The van der Waals surface area contributed by atoms with Crippen molar-refractivity contribution in [2.45, 2.75) is 134 Å². The number of carbonyl (C=O) groups excluding carboxylic acids is 7. The number of aliphatic hydroxyl groups is 2. The van der Waals surface area contributed by atoms with Crippen molar-refractivity contribution in [1.29, 1.82) is 0 Å². The second-order valence-corrected chi connectivity index (χ2v) is 17.4. The Balaban J connectivity index is 3.35. The monoisotopic (exact) mass is 953 g/mol. The summed E-state index contributed by atoms with van der Waals surface area (Å²) in [5.41, 5.74) is 11.9. The summed E-state index contributed by atoms with van der Waals surface area (Å²) < 4.78 is 0. The number of rotatable bonds is 33. The molecule has 1 aromatic carbocycles. The van der Waals surface area contributed by atoms with Crippen LogP contribution in [-0.2, 0) is 49.6 Å². The van der Waals surface area contributed by atoms with Gasteiger partial charge in [0.2, 0.25) is 41.4 Å². The highest BCUT2D eigenvalue weighted by atomic mass is 32.2. The van der Waals surface area contributed by atoms with Gasteiger partial charge in [-0.15, -0.1) is 0 Å². The summed E-state index contributed by atoms with van der Waals surface area (Å²) in [6, 6.07) is -2.25. The maximum absolute atomic E-state index is 14.0. The summed E-state index contributed by atoms with van der Waals surface area (Å²) in [7, 11) is 0. The second-order valence-electron chi connectivity index (χ2n) is 16.4. The third-order valence-electron chi connectivity index (χ3n) is 10.5. The van der Waals surface area contributed by atoms with Crippen molar-refractivity contribution in [3.8, 4) is 0 Å². The van der Waals surface area contributed by atoms with Gasteiger partial charge in [-0.1, -0.05) is 64.4 Å². The molecule has 0 aliphatic carbocycles. The number of carboxylic acids is 2. The summed E-state index contributed by atoms with van der Waals surface area (Å²) in [5, 5.41) is 56.0. The summed E-state index contributed by atoms with van der Waals surface area (Å²) >= 11 is 1.39. The second kappa shape index (κ2) is 31.5. The van der Waals surface area contributed by atoms with Crippen LogP contribution < -0.4 is 48.7 Å². The molecule has 23 heteroatoms. The molecule has 0 unspecified atom stereocenters. The molecule has 0 heterocycles. The third kappa shape index (κ3) is 21.8. The first-order valence-electron chi connectivity index (χ1n) is 22.0. The topological polar surface area (TPSA) is 371 Å². The van der Waals surface area contributed by atoms with Crippen LogP contribution in [-0.4, -0.2) is 154 Å². The van der Waals surface area contributed by atoms with E-state index >= 15 is 0 Å². The zero-order chi connectivity index (χ0) is 49.9. The Morgan fingerprint density at radius 1 is 0.621 bits per heavy atom. The van der Waals surface area contributed by atoms with E-state index in [1.807, 2.05) is 0 Å². The van der Waals surface area contributed by atoms with Crippen LogP contribution in [0, 0.1) is 11.8 Å². The lowest BCUT2D eigenvalue weighted by Gasteiger charge is -2.29. The molecule has 0 saturated heterocycles. The molecule has 372 valence electrons. The molecule has 0 radical (unpaired) electrons. The van der Waals surface area contributed by atoms with E-state index in [1.165, 1.54) is 11.8 Å². The zero-order valence-corrected chi connectivity index (χ0v) is 39.2. The fourth-order valence-electron chi connectivity index (χ4n) is 6.42. The molecular weight excluding hydrogens is 883 g/mol. The van der Waals surface area contributed by atoms with Crippen molar-refractivity contribution >= 4 is 65.1 Å². The first kappa shape index (κ1) is 58.7. The molecule has 7 amide bonds. The number of nitrogens with one attached hydrogen (secondary N) is 7. The molecule has 0 aromatic heterocycles. The fraction of sp³-hybridized carbons (Fsp3) is 0.651. The van der Waals surface area contributed by atoms with Gasteiger partial charge in [0.05, 0.1) is 13.2 Å². The summed E-state index contributed by atoms with van der Waals surface area (Å²) in [5.74, 6) is -8.95. The van der Waals surface area contributed by atoms with Crippen LogP contribution in [0.2, 0.25) is 0 Å². The largest absolute Gasteiger partial charge is 0.481 e. The highest BCUT2D eigenvalue weighted by Crippen LogP contribution is 2.13. The first-order valence-corrected chi connectivity index (χ1v) is 23.4. The minimum absolute atomic E-state index is 0.00673. The minimum atomic E-state index is -1.70. The normalized spacial score (nSPS) is 15.2. The molecule has 1 rings (SSSR count). The fourth-order valence-corrected chi connectivity index (χ4v) is 6.89. The molecule has 1 aromatic rings. The number of thioether (sulfide) groups is 1. The predicted octanol–water partition coefficient (Wildman–Crippen LogP) is -2.14. The standard InChI is InChI=1S/C43H71N9O13S/c1-6-25(4)35(42(63)50-32(43(64)65)21-26-12-8-7-9-13-26)52-39(60)30(17-19-66-5)48-37(58)28(14-10-11-18-44)47-40(61)31(20-24(2)3)49-41(62)33(23-54)51-38(59)29(15-16-34(55)56)46-36(57)27(45)22-53/h7-9,12-13,24-25,27-33,35,53-54H,6,10-11,14-23,44-45H2,1-5H3,(H,46,57)(H,47,61)(H,48,58)(H,49,62)(H,50,63)(H,51,59)(H,52,60)(H,55,56)(H,64,65)/t25-,27-,28-,29-,30-,31-,32-,33-,35-/m0/s1. The SMILES string of the molecule is CC[C@H](C)[C@H](NC(=O)[C@H](CCSC)NC(=O)[C@H](CCCCN)NC(=O)[C@H](CC(C)C)NC(=O)[C@H](CO)NC(=O)[C@H](CCC(=O)O)NC(=O)[C@@H](N)CO)C(=O)N[C@@H](Cc1ccccc1)C(=O)O. The molecule has 0 aliphatic rings. The number of carboxylic acid groups (broad SMARTS) is 2. The molecule has 15 N–H and O–H groups in total. The number of aliphatic carboxylic acids is 2. The van der Waals surface area contributed by atoms with E-state index in [0.29, 0.717) is 30.6 Å². The third-order valence-corrected chi connectivity index (χ3v) is 11.1. The van der Waals surface area contributed by atoms with Crippen LogP contribution in [0.15, 0.2) is 30.3 Å². The van der Waals surface area contributed by atoms with E-state index in [0.717, 1.165) is 0 Å². The van der Waals surface area contributed by atoms with Gasteiger partial charge >= 0.3 is 11.9 Å². The van der Waals surface area contributed by atoms with Crippen LogP contribution >= 0.6 is 11.8 Å². The summed E-state index contributed by atoms with van der Waals surface area (Å²) in [4.78, 5) is 118. The Bertz CT molecular complexity index is 1740. The minimum Gasteiger partial charge on any atom is -0.481 e. The van der Waals surface area contributed by atoms with Gasteiger partial charge in [-0.3, -0.25) is 38.4 Å². The van der Waals surface area contributed by atoms with E-state index in [-0.39, 0.29) is 38.1 Å². The Labute approximate surface area is 389 Å². The molecule has 0 spiro atoms. The summed E-state index contributed by atoms with van der Waals surface area (Å²) in [6.45, 7) is 5.52. The van der Waals surface area contributed by atoms with E-state index in [9.17, 15) is 58.5 Å². The average Bonchev–Trinajstić information content (AvgIpc) is 3.28. The number of amides is 7. The molecule has 22 nitrogen and oxygen atoms in total. The van der Waals surface area contributed by atoms with Crippen molar-refractivity contribution in [1.82, 2.24) is 37.2 Å². The highest BCUT2D eigenvalue weighted by Gasteiger charge is 2.35. The van der Waals surface area contributed by atoms with Crippen LogP contribution in [0.4, 0.5) is 0 Å². The Hall–Kier alpha value is -5.36. The summed E-state index contributed by atoms with van der Waals surface area (Å²) in [6.07, 6.45) is 2.21. The van der Waals surface area contributed by atoms with Crippen molar-refractivity contribution in [2.75, 3.05) is 31.8 Å². The van der Waals surface area contributed by atoms with Crippen molar-refractivity contribution in [2.24, 2.45) is 23.3 Å². The Morgan fingerprint density at radius 2 is 1.12 bits per heavy atom. The first-order chi connectivity index (χ1) is 31.2. The number of hydrogen-bond donors (Lipinski definition) is 13. The van der Waals surface area contributed by atoms with E-state index in [2.05, 4.69) is 37.2 Å². The molecule has 0 aliphatic heterocycles. The maximum atomic E-state index is 14.0. The number of aliphatic hydroxyl groups excluding tert-OH is 2. The molecule has 66 heavy (non-hydrogen) atoms. The lowest BCUT2D eigenvalue weighted by molar-refractivity contribution is -0.142. The molecule has 0 bridgehead atoms. The van der Waals surface area contributed by atoms with E-state index < -0.39 is 134 Å². The predicted molar refractivity (Wildman–Crippen MR) is 245 cm³/mol. The quantitative estimate of drug-likeness (QED) is 0.0334. The van der Waals surface area contributed by atoms with Gasteiger partial charge in [-0.2, -0.15) is 11.8 Å². The van der Waals surface area contributed by atoms with E-state index in [1.54, 1.807) is 64.3 Å². The smallest absolute Gasteiger partial charge is 0.326 e. The van der Waals surface area contributed by atoms with Gasteiger partial charge in [-0.25, -0.2) is 4.79 Å². The van der Waals surface area contributed by atoms with Crippen molar-refractivity contribution in [3.05, 3.63) is 35.9 Å². The van der Waals surface area contributed by atoms with Gasteiger partial charge in [0.15, 0.2) is 0 Å². The average molecular weight is 954 g/mol. The number of benzene rings is 1. The highest BCUT2D eigenvalue weighted by molar-refractivity contribution is 7.98. The zero-order valence-electron chi connectivity index (χ0n) is 38.4. The van der Waals surface area contributed by atoms with Crippen LogP contribution in [0.1, 0.15) is 84.6 Å². The maximum Gasteiger partial charge on any atom is 0.326 e. The van der Waals surface area contributed by atoms with Gasteiger partial charge < -0.3 is 69.1 Å². The van der Waals surface area contributed by atoms with Gasteiger partial charge in [0.1, 0.15) is 48.3 Å².